The number of ether oxygens (including phenoxy) is 1. The Bertz CT molecular complexity index is 406. The number of rotatable bonds is 7. The molecule has 1 N–H and O–H groups in total. The monoisotopic (exact) mass is 309 g/mol. The van der Waals surface area contributed by atoms with Gasteiger partial charge in [0.1, 0.15) is 12.4 Å². The summed E-state index contributed by atoms with van der Waals surface area (Å²) in [7, 11) is 0. The van der Waals surface area contributed by atoms with Crippen LogP contribution in [0.1, 0.15) is 46.0 Å². The molecule has 1 fully saturated rings. The van der Waals surface area contributed by atoms with Crippen molar-refractivity contribution in [3.05, 3.63) is 29.3 Å². The molecule has 2 rings (SSSR count). The van der Waals surface area contributed by atoms with E-state index in [0.29, 0.717) is 6.04 Å². The molecular formula is C18H28ClNO. The van der Waals surface area contributed by atoms with Crippen molar-refractivity contribution in [2.24, 2.45) is 11.8 Å². The van der Waals surface area contributed by atoms with Gasteiger partial charge in [0.2, 0.25) is 0 Å². The number of likely N-dealkylation sites (N-methyl/N-ethyl adjacent to an activating group) is 1. The van der Waals surface area contributed by atoms with E-state index < -0.39 is 0 Å². The van der Waals surface area contributed by atoms with Crippen molar-refractivity contribution in [3.63, 3.8) is 0 Å². The normalized spacial score (nSPS) is 23.8. The zero-order valence-corrected chi connectivity index (χ0v) is 14.0. The first-order chi connectivity index (χ1) is 10.2. The summed E-state index contributed by atoms with van der Waals surface area (Å²) in [5, 5.41) is 4.40. The maximum atomic E-state index is 6.00. The number of halogens is 1. The second-order valence-electron chi connectivity index (χ2n) is 6.05. The van der Waals surface area contributed by atoms with Gasteiger partial charge < -0.3 is 10.1 Å². The van der Waals surface area contributed by atoms with Gasteiger partial charge in [-0.05, 0) is 49.1 Å². The Labute approximate surface area is 134 Å². The van der Waals surface area contributed by atoms with Gasteiger partial charge in [-0.3, -0.25) is 0 Å². The van der Waals surface area contributed by atoms with Gasteiger partial charge in [-0.15, -0.1) is 0 Å². The van der Waals surface area contributed by atoms with E-state index >= 15 is 0 Å². The minimum atomic E-state index is 0.455. The summed E-state index contributed by atoms with van der Waals surface area (Å²) in [5.41, 5.74) is 0. The molecule has 0 amide bonds. The molecule has 1 aliphatic carbocycles. The van der Waals surface area contributed by atoms with Crippen molar-refractivity contribution >= 4 is 11.6 Å². The van der Waals surface area contributed by atoms with E-state index in [4.69, 9.17) is 16.3 Å². The maximum absolute atomic E-state index is 6.00. The van der Waals surface area contributed by atoms with Crippen LogP contribution in [0.15, 0.2) is 24.3 Å². The van der Waals surface area contributed by atoms with Crippen LogP contribution in [0, 0.1) is 11.8 Å². The van der Waals surface area contributed by atoms with E-state index in [1.54, 1.807) is 0 Å². The lowest BCUT2D eigenvalue weighted by atomic mass is 9.74. The number of hydrogen-bond acceptors (Lipinski definition) is 2. The molecular weight excluding hydrogens is 282 g/mol. The summed E-state index contributed by atoms with van der Waals surface area (Å²) in [4.78, 5) is 0. The molecule has 0 bridgehead atoms. The third-order valence-corrected chi connectivity index (χ3v) is 4.97. The summed E-state index contributed by atoms with van der Waals surface area (Å²) in [5.74, 6) is 2.50. The summed E-state index contributed by atoms with van der Waals surface area (Å²) >= 11 is 5.92. The summed E-state index contributed by atoms with van der Waals surface area (Å²) in [6.07, 6.45) is 6.76. The molecule has 0 radical (unpaired) electrons. The van der Waals surface area contributed by atoms with E-state index in [1.165, 1.54) is 32.1 Å². The second kappa shape index (κ2) is 8.65. The van der Waals surface area contributed by atoms with Crippen LogP contribution in [-0.4, -0.2) is 19.2 Å². The van der Waals surface area contributed by atoms with E-state index in [1.807, 2.05) is 24.3 Å². The SMILES string of the molecule is CCNC(COc1ccc(Cl)cc1)C1CCCCC1CC. The van der Waals surface area contributed by atoms with Gasteiger partial charge in [0.25, 0.3) is 0 Å². The lowest BCUT2D eigenvalue weighted by molar-refractivity contribution is 0.134. The lowest BCUT2D eigenvalue weighted by Gasteiger charge is -2.37. The standard InChI is InChI=1S/C18H28ClNO/c1-3-14-7-5-6-8-17(14)18(20-4-2)13-21-16-11-9-15(19)10-12-16/h9-12,14,17-18,20H,3-8,13H2,1-2H3. The smallest absolute Gasteiger partial charge is 0.119 e. The molecule has 0 spiro atoms. The van der Waals surface area contributed by atoms with Crippen LogP contribution < -0.4 is 10.1 Å². The number of benzene rings is 1. The van der Waals surface area contributed by atoms with Crippen molar-refractivity contribution in [3.8, 4) is 5.75 Å². The minimum absolute atomic E-state index is 0.455. The lowest BCUT2D eigenvalue weighted by Crippen LogP contribution is -2.44. The van der Waals surface area contributed by atoms with Gasteiger partial charge in [-0.2, -0.15) is 0 Å². The average Bonchev–Trinajstić information content (AvgIpc) is 2.53. The van der Waals surface area contributed by atoms with Gasteiger partial charge in [0.15, 0.2) is 0 Å². The van der Waals surface area contributed by atoms with Gasteiger partial charge >= 0.3 is 0 Å². The van der Waals surface area contributed by atoms with E-state index in [0.717, 1.165) is 35.8 Å². The highest BCUT2D eigenvalue weighted by Crippen LogP contribution is 2.34. The van der Waals surface area contributed by atoms with Gasteiger partial charge in [0, 0.05) is 11.1 Å². The summed E-state index contributed by atoms with van der Waals surface area (Å²) < 4.78 is 6.00. The Balaban J connectivity index is 1.95. The van der Waals surface area contributed by atoms with Gasteiger partial charge in [-0.1, -0.05) is 51.1 Å². The topological polar surface area (TPSA) is 21.3 Å². The fourth-order valence-corrected chi connectivity index (χ4v) is 3.71. The molecule has 2 nitrogen and oxygen atoms in total. The molecule has 1 aromatic carbocycles. The van der Waals surface area contributed by atoms with Crippen LogP contribution >= 0.6 is 11.6 Å². The van der Waals surface area contributed by atoms with Crippen molar-refractivity contribution in [1.82, 2.24) is 5.32 Å². The molecule has 1 saturated carbocycles. The Kier molecular flexibility index (Phi) is 6.85. The largest absolute Gasteiger partial charge is 0.492 e. The fourth-order valence-electron chi connectivity index (χ4n) is 3.59. The van der Waals surface area contributed by atoms with E-state index in [9.17, 15) is 0 Å². The van der Waals surface area contributed by atoms with Crippen molar-refractivity contribution in [1.29, 1.82) is 0 Å². The highest BCUT2D eigenvalue weighted by molar-refractivity contribution is 6.30. The molecule has 118 valence electrons. The third-order valence-electron chi connectivity index (χ3n) is 4.72. The number of hydrogen-bond donors (Lipinski definition) is 1. The van der Waals surface area contributed by atoms with Crippen LogP contribution in [0.4, 0.5) is 0 Å². The van der Waals surface area contributed by atoms with E-state index in [2.05, 4.69) is 19.2 Å². The van der Waals surface area contributed by atoms with Gasteiger partial charge in [-0.25, -0.2) is 0 Å². The van der Waals surface area contributed by atoms with Crippen LogP contribution in [-0.2, 0) is 0 Å². The summed E-state index contributed by atoms with van der Waals surface area (Å²) in [6, 6.07) is 8.12. The van der Waals surface area contributed by atoms with Crippen LogP contribution in [0.5, 0.6) is 5.75 Å². The summed E-state index contributed by atoms with van der Waals surface area (Å²) in [6.45, 7) is 6.25. The van der Waals surface area contributed by atoms with Crippen molar-refractivity contribution in [2.45, 2.75) is 52.0 Å². The Morgan fingerprint density at radius 3 is 2.57 bits per heavy atom. The molecule has 1 aromatic rings. The molecule has 0 heterocycles. The molecule has 0 aliphatic heterocycles. The predicted molar refractivity (Wildman–Crippen MR) is 90.2 cm³/mol. The zero-order chi connectivity index (χ0) is 15.1. The molecule has 3 atom stereocenters. The predicted octanol–water partition coefficient (Wildman–Crippen LogP) is 4.91. The Morgan fingerprint density at radius 2 is 1.90 bits per heavy atom. The third kappa shape index (κ3) is 4.89. The first-order valence-corrected chi connectivity index (χ1v) is 8.74. The number of nitrogens with one attached hydrogen (secondary N) is 1. The van der Waals surface area contributed by atoms with Crippen LogP contribution in [0.3, 0.4) is 0 Å². The molecule has 21 heavy (non-hydrogen) atoms. The molecule has 3 heteroatoms. The van der Waals surface area contributed by atoms with Crippen molar-refractivity contribution < 1.29 is 4.74 Å². The Morgan fingerprint density at radius 1 is 1.19 bits per heavy atom. The van der Waals surface area contributed by atoms with Crippen molar-refractivity contribution in [2.75, 3.05) is 13.2 Å². The first kappa shape index (κ1) is 16.6. The van der Waals surface area contributed by atoms with Gasteiger partial charge in [0.05, 0.1) is 0 Å². The van der Waals surface area contributed by atoms with E-state index in [-0.39, 0.29) is 0 Å². The average molecular weight is 310 g/mol. The highest BCUT2D eigenvalue weighted by Gasteiger charge is 2.30. The molecule has 3 unspecified atom stereocenters. The molecule has 1 aliphatic rings. The minimum Gasteiger partial charge on any atom is -0.492 e. The Hall–Kier alpha value is -0.730. The molecule has 0 saturated heterocycles. The second-order valence-corrected chi connectivity index (χ2v) is 6.48. The maximum Gasteiger partial charge on any atom is 0.119 e. The fraction of sp³-hybridized carbons (Fsp3) is 0.667. The highest BCUT2D eigenvalue weighted by atomic mass is 35.5. The van der Waals surface area contributed by atoms with Crippen LogP contribution in [0.2, 0.25) is 5.02 Å². The quantitative estimate of drug-likeness (QED) is 0.772. The van der Waals surface area contributed by atoms with Crippen LogP contribution in [0.25, 0.3) is 0 Å². The first-order valence-electron chi connectivity index (χ1n) is 8.36. The zero-order valence-electron chi connectivity index (χ0n) is 13.3. The molecule has 0 aromatic heterocycles.